The predicted molar refractivity (Wildman–Crippen MR) is 121 cm³/mol. The molecule has 1 amide bonds. The molecule has 0 radical (unpaired) electrons. The molecule has 4 rings (SSSR count). The minimum Gasteiger partial charge on any atom is -0.493 e. The summed E-state index contributed by atoms with van der Waals surface area (Å²) in [5.74, 6) is 0.749. The first-order chi connectivity index (χ1) is 15.9. The van der Waals surface area contributed by atoms with Crippen molar-refractivity contribution in [2.45, 2.75) is 25.5 Å². The Labute approximate surface area is 189 Å². The molecule has 1 aliphatic heterocycles. The average Bonchev–Trinajstić information content (AvgIpc) is 3.37. The number of aryl methyl sites for hydroxylation is 1. The van der Waals surface area contributed by atoms with E-state index < -0.39 is 17.2 Å². The largest absolute Gasteiger partial charge is 0.493 e. The fourth-order valence-electron chi connectivity index (χ4n) is 3.75. The van der Waals surface area contributed by atoms with Gasteiger partial charge in [-0.15, -0.1) is 0 Å². The number of methoxy groups -OCH3 is 1. The summed E-state index contributed by atoms with van der Waals surface area (Å²) in [6.07, 6.45) is 2.13. The van der Waals surface area contributed by atoms with Crippen molar-refractivity contribution in [2.24, 2.45) is 14.1 Å². The summed E-state index contributed by atoms with van der Waals surface area (Å²) in [6.45, 7) is 1.46. The first kappa shape index (κ1) is 22.5. The quantitative estimate of drug-likeness (QED) is 0.569. The normalized spacial score (nSPS) is 15.5. The Bertz CT molecular complexity index is 1310. The van der Waals surface area contributed by atoms with Crippen molar-refractivity contribution in [1.82, 2.24) is 19.4 Å². The highest BCUT2D eigenvalue weighted by molar-refractivity contribution is 5.94. The zero-order valence-corrected chi connectivity index (χ0v) is 18.8. The lowest BCUT2D eigenvalue weighted by molar-refractivity contribution is 0.0669. The molecule has 0 spiro atoms. The number of hydrogen-bond donors (Lipinski definition) is 1. The zero-order chi connectivity index (χ0) is 23.5. The van der Waals surface area contributed by atoms with Crippen molar-refractivity contribution in [1.29, 1.82) is 0 Å². The van der Waals surface area contributed by atoms with Gasteiger partial charge in [0.15, 0.2) is 11.5 Å². The Morgan fingerprint density at radius 3 is 2.73 bits per heavy atom. The van der Waals surface area contributed by atoms with Crippen LogP contribution in [0.4, 0.5) is 0 Å². The van der Waals surface area contributed by atoms with Crippen molar-refractivity contribution < 1.29 is 19.0 Å². The molecule has 1 fully saturated rings. The van der Waals surface area contributed by atoms with E-state index in [1.165, 1.54) is 30.8 Å². The van der Waals surface area contributed by atoms with Gasteiger partial charge < -0.3 is 19.5 Å². The first-order valence-corrected chi connectivity index (χ1v) is 10.7. The summed E-state index contributed by atoms with van der Waals surface area (Å²) in [7, 11) is 4.47. The van der Waals surface area contributed by atoms with Crippen LogP contribution in [-0.2, 0) is 25.4 Å². The van der Waals surface area contributed by atoms with Gasteiger partial charge in [0.1, 0.15) is 17.9 Å². The van der Waals surface area contributed by atoms with Gasteiger partial charge in [0.05, 0.1) is 18.6 Å². The monoisotopic (exact) mass is 454 g/mol. The second kappa shape index (κ2) is 9.45. The van der Waals surface area contributed by atoms with E-state index in [2.05, 4.69) is 10.3 Å². The lowest BCUT2D eigenvalue weighted by atomic mass is 10.2. The van der Waals surface area contributed by atoms with E-state index in [-0.39, 0.29) is 29.4 Å². The summed E-state index contributed by atoms with van der Waals surface area (Å²) in [6, 6.07) is 8.41. The third-order valence-corrected chi connectivity index (χ3v) is 5.66. The van der Waals surface area contributed by atoms with Crippen LogP contribution < -0.4 is 26.0 Å². The number of fused-ring (bicyclic) bond motifs is 1. The van der Waals surface area contributed by atoms with Crippen LogP contribution in [0.3, 0.4) is 0 Å². The van der Waals surface area contributed by atoms with E-state index in [1.54, 1.807) is 19.2 Å². The average molecular weight is 454 g/mol. The highest BCUT2D eigenvalue weighted by Crippen LogP contribution is 2.29. The van der Waals surface area contributed by atoms with Crippen LogP contribution in [-0.4, -0.2) is 46.5 Å². The Hall–Kier alpha value is -3.66. The molecule has 33 heavy (non-hydrogen) atoms. The van der Waals surface area contributed by atoms with Crippen LogP contribution in [0.25, 0.3) is 11.0 Å². The maximum Gasteiger partial charge on any atom is 0.332 e. The summed E-state index contributed by atoms with van der Waals surface area (Å²) < 4.78 is 19.1. The van der Waals surface area contributed by atoms with Crippen molar-refractivity contribution in [3.63, 3.8) is 0 Å². The maximum absolute atomic E-state index is 12.7. The van der Waals surface area contributed by atoms with Gasteiger partial charge in [0, 0.05) is 27.2 Å². The number of amides is 1. The molecule has 0 saturated carbocycles. The number of rotatable bonds is 7. The lowest BCUT2D eigenvalue weighted by Crippen LogP contribution is -2.37. The number of nitrogens with one attached hydrogen (secondary N) is 1. The van der Waals surface area contributed by atoms with Gasteiger partial charge in [-0.3, -0.25) is 18.7 Å². The molecule has 0 bridgehead atoms. The van der Waals surface area contributed by atoms with Crippen LogP contribution in [0.15, 0.2) is 39.9 Å². The van der Waals surface area contributed by atoms with E-state index in [1.807, 2.05) is 6.07 Å². The lowest BCUT2D eigenvalue weighted by Gasteiger charge is -2.15. The summed E-state index contributed by atoms with van der Waals surface area (Å²) in [5, 5.41) is 3.06. The molecule has 3 aromatic rings. The van der Waals surface area contributed by atoms with Crippen LogP contribution in [0.1, 0.15) is 28.9 Å². The minimum absolute atomic E-state index is 0.0998. The molecule has 0 aliphatic carbocycles. The van der Waals surface area contributed by atoms with Crippen molar-refractivity contribution >= 4 is 16.9 Å². The van der Waals surface area contributed by atoms with Gasteiger partial charge in [-0.1, -0.05) is 6.07 Å². The van der Waals surface area contributed by atoms with Crippen LogP contribution in [0.2, 0.25) is 0 Å². The van der Waals surface area contributed by atoms with E-state index in [9.17, 15) is 14.4 Å². The third-order valence-electron chi connectivity index (χ3n) is 5.66. The topological polar surface area (TPSA) is 114 Å². The third kappa shape index (κ3) is 4.61. The molecule has 2 aromatic heterocycles. The molecular weight excluding hydrogens is 428 g/mol. The summed E-state index contributed by atoms with van der Waals surface area (Å²) in [4.78, 5) is 41.4. The number of carbonyl (C=O) groups is 1. The molecule has 174 valence electrons. The number of pyridine rings is 1. The number of hydrogen-bond acceptors (Lipinski definition) is 7. The minimum atomic E-state index is -0.508. The molecule has 1 aliphatic rings. The van der Waals surface area contributed by atoms with E-state index in [0.29, 0.717) is 18.1 Å². The second-order valence-corrected chi connectivity index (χ2v) is 7.89. The van der Waals surface area contributed by atoms with E-state index in [4.69, 9.17) is 14.2 Å². The fourth-order valence-corrected chi connectivity index (χ4v) is 3.75. The Morgan fingerprint density at radius 1 is 1.18 bits per heavy atom. The van der Waals surface area contributed by atoms with Gasteiger partial charge in [0.2, 0.25) is 0 Å². The number of carbonyl (C=O) groups excluding carboxylic acids is 1. The van der Waals surface area contributed by atoms with Crippen molar-refractivity contribution in [3.8, 4) is 11.5 Å². The molecule has 10 heteroatoms. The molecule has 1 atom stereocenters. The molecule has 1 N–H and O–H groups in total. The fraction of sp³-hybridized carbons (Fsp3) is 0.391. The Kier molecular flexibility index (Phi) is 6.45. The molecule has 1 unspecified atom stereocenters. The Morgan fingerprint density at radius 2 is 2.00 bits per heavy atom. The van der Waals surface area contributed by atoms with Gasteiger partial charge in [-0.2, -0.15) is 0 Å². The molecule has 1 saturated heterocycles. The maximum atomic E-state index is 12.7. The first-order valence-electron chi connectivity index (χ1n) is 10.7. The van der Waals surface area contributed by atoms with Crippen molar-refractivity contribution in [2.75, 3.05) is 20.3 Å². The van der Waals surface area contributed by atoms with Crippen molar-refractivity contribution in [3.05, 3.63) is 62.4 Å². The Balaban J connectivity index is 1.46. The van der Waals surface area contributed by atoms with Gasteiger partial charge in [-0.05, 0) is 42.7 Å². The van der Waals surface area contributed by atoms with E-state index >= 15 is 0 Å². The van der Waals surface area contributed by atoms with Gasteiger partial charge in [0.25, 0.3) is 11.5 Å². The number of aromatic nitrogens is 3. The van der Waals surface area contributed by atoms with Crippen LogP contribution >= 0.6 is 0 Å². The highest BCUT2D eigenvalue weighted by Gasteiger charge is 2.18. The number of ether oxygens (including phenoxy) is 3. The standard InChI is InChI=1S/C23H26N4O6/c1-26-20-16(22(29)27(2)23(26)30)7-8-17(25-20)21(28)24-12-14-6-9-18(19(11-14)31-3)33-13-15-5-4-10-32-15/h6-9,11,15H,4-5,10,12-13H2,1-3H3,(H,24,28). The van der Waals surface area contributed by atoms with E-state index in [0.717, 1.165) is 29.6 Å². The number of nitrogens with zero attached hydrogens (tertiary/aromatic N) is 3. The smallest absolute Gasteiger partial charge is 0.332 e. The summed E-state index contributed by atoms with van der Waals surface area (Å²) >= 11 is 0. The predicted octanol–water partition coefficient (Wildman–Crippen LogP) is 1.13. The van der Waals surface area contributed by atoms with Crippen LogP contribution in [0.5, 0.6) is 11.5 Å². The second-order valence-electron chi connectivity index (χ2n) is 7.89. The SMILES string of the molecule is COc1cc(CNC(=O)c2ccc3c(=O)n(C)c(=O)n(C)c3n2)ccc1OCC1CCCO1. The number of benzene rings is 1. The highest BCUT2D eigenvalue weighted by atomic mass is 16.5. The molecular formula is C23H26N4O6. The van der Waals surface area contributed by atoms with Crippen LogP contribution in [0, 0.1) is 0 Å². The molecule has 1 aromatic carbocycles. The molecule has 10 nitrogen and oxygen atoms in total. The zero-order valence-electron chi connectivity index (χ0n) is 18.8. The summed E-state index contributed by atoms with van der Waals surface area (Å²) in [5.41, 5.74) is 0.110. The van der Waals surface area contributed by atoms with Gasteiger partial charge >= 0.3 is 5.69 Å². The van der Waals surface area contributed by atoms with Gasteiger partial charge in [-0.25, -0.2) is 9.78 Å². The molecule has 3 heterocycles.